The van der Waals surface area contributed by atoms with Crippen LogP contribution in [0.15, 0.2) is 21.5 Å². The van der Waals surface area contributed by atoms with Gasteiger partial charge in [-0.15, -0.1) is 0 Å². The monoisotopic (exact) mass is 365 g/mol. The lowest BCUT2D eigenvalue weighted by molar-refractivity contribution is 0.0627. The first-order valence-corrected chi connectivity index (χ1v) is 7.22. The van der Waals surface area contributed by atoms with Gasteiger partial charge in [0.15, 0.2) is 0 Å². The van der Waals surface area contributed by atoms with Crippen molar-refractivity contribution in [3.8, 4) is 0 Å². The minimum absolute atomic E-state index is 0.0681. The zero-order valence-corrected chi connectivity index (χ0v) is 13.4. The molecule has 1 heterocycles. The third-order valence-corrected chi connectivity index (χ3v) is 3.59. The number of carbonyl (C=O) groups is 1. The van der Waals surface area contributed by atoms with Crippen molar-refractivity contribution in [2.24, 2.45) is 5.73 Å². The van der Waals surface area contributed by atoms with Crippen LogP contribution < -0.4 is 11.3 Å². The molecule has 2 N–H and O–H groups in total. The smallest absolute Gasteiger partial charge is 0.263 e. The number of aromatic nitrogens is 1. The molecule has 5 nitrogen and oxygen atoms in total. The molecule has 1 rings (SSSR count). The van der Waals surface area contributed by atoms with Gasteiger partial charge in [-0.05, 0) is 28.9 Å². The predicted octanol–water partition coefficient (Wildman–Crippen LogP) is 1.69. The summed E-state index contributed by atoms with van der Waals surface area (Å²) < 4.78 is 26.7. The predicted molar refractivity (Wildman–Crippen MR) is 79.6 cm³/mol. The maximum Gasteiger partial charge on any atom is 0.263 e. The molecule has 21 heavy (non-hydrogen) atoms. The van der Waals surface area contributed by atoms with Gasteiger partial charge < -0.3 is 15.2 Å². The molecule has 1 atom stereocenters. The van der Waals surface area contributed by atoms with Gasteiger partial charge in [-0.25, -0.2) is 8.78 Å². The minimum atomic E-state index is -2.51. The number of carbonyl (C=O) groups excluding carboxylic acids is 1. The molecule has 0 radical (unpaired) electrons. The van der Waals surface area contributed by atoms with Crippen LogP contribution in [0, 0.1) is 0 Å². The third kappa shape index (κ3) is 4.60. The average molecular weight is 366 g/mol. The lowest BCUT2D eigenvalue weighted by Crippen LogP contribution is -2.40. The second kappa shape index (κ2) is 7.65. The highest BCUT2D eigenvalue weighted by Gasteiger charge is 2.23. The van der Waals surface area contributed by atoms with E-state index in [0.717, 1.165) is 4.90 Å². The molecule has 0 saturated heterocycles. The van der Waals surface area contributed by atoms with E-state index in [1.54, 1.807) is 0 Å². The van der Waals surface area contributed by atoms with Crippen molar-refractivity contribution >= 4 is 21.8 Å². The number of nitrogens with zero attached hydrogens (tertiary/aromatic N) is 2. The van der Waals surface area contributed by atoms with Crippen LogP contribution >= 0.6 is 15.9 Å². The van der Waals surface area contributed by atoms with Crippen LogP contribution in [0.4, 0.5) is 8.78 Å². The van der Waals surface area contributed by atoms with Crippen molar-refractivity contribution in [1.29, 1.82) is 0 Å². The molecule has 0 aromatic carbocycles. The Labute approximate surface area is 129 Å². The first-order valence-electron chi connectivity index (χ1n) is 6.43. The van der Waals surface area contributed by atoms with Crippen LogP contribution in [0.3, 0.4) is 0 Å². The average Bonchev–Trinajstić information content (AvgIpc) is 2.40. The van der Waals surface area contributed by atoms with Crippen molar-refractivity contribution in [2.75, 3.05) is 13.6 Å². The fourth-order valence-corrected chi connectivity index (χ4v) is 2.34. The number of alkyl halides is 2. The summed E-state index contributed by atoms with van der Waals surface area (Å²) in [6.07, 6.45) is -1.41. The number of nitrogens with two attached hydrogens (primary N) is 1. The van der Waals surface area contributed by atoms with Crippen LogP contribution in [0.2, 0.25) is 0 Å². The highest BCUT2D eigenvalue weighted by Crippen LogP contribution is 2.14. The zero-order valence-electron chi connectivity index (χ0n) is 11.9. The Balaban J connectivity index is 3.09. The highest BCUT2D eigenvalue weighted by molar-refractivity contribution is 9.10. The SMILES string of the molecule is CC(CC(F)F)N(C)C(=O)c1cc(Br)cn(CCN)c1=O. The fourth-order valence-electron chi connectivity index (χ4n) is 1.86. The molecule has 8 heteroatoms. The molecule has 0 aliphatic heterocycles. The molecule has 0 bridgehead atoms. The topological polar surface area (TPSA) is 68.3 Å². The highest BCUT2D eigenvalue weighted by atomic mass is 79.9. The minimum Gasteiger partial charge on any atom is -0.339 e. The molecular formula is C13H18BrF2N3O2. The summed E-state index contributed by atoms with van der Waals surface area (Å²) in [5.74, 6) is -0.583. The molecule has 1 amide bonds. The quantitative estimate of drug-likeness (QED) is 0.833. The van der Waals surface area contributed by atoms with E-state index in [4.69, 9.17) is 5.73 Å². The van der Waals surface area contributed by atoms with E-state index in [-0.39, 0.29) is 18.7 Å². The molecule has 0 aliphatic carbocycles. The number of halogens is 3. The van der Waals surface area contributed by atoms with Crippen molar-refractivity contribution < 1.29 is 13.6 Å². The molecule has 1 aromatic rings. The summed E-state index contributed by atoms with van der Waals surface area (Å²) in [6, 6.07) is 0.724. The van der Waals surface area contributed by atoms with Crippen LogP contribution in [0.1, 0.15) is 23.7 Å². The summed E-state index contributed by atoms with van der Waals surface area (Å²) in [6.45, 7) is 2.04. The Hall–Kier alpha value is -1.28. The Morgan fingerprint density at radius 2 is 2.14 bits per heavy atom. The Morgan fingerprint density at radius 3 is 2.67 bits per heavy atom. The maximum atomic E-state index is 12.4. The van der Waals surface area contributed by atoms with Crippen LogP contribution in [0.5, 0.6) is 0 Å². The third-order valence-electron chi connectivity index (χ3n) is 3.15. The summed E-state index contributed by atoms with van der Waals surface area (Å²) in [7, 11) is 1.41. The van der Waals surface area contributed by atoms with Gasteiger partial charge in [0.2, 0.25) is 6.43 Å². The van der Waals surface area contributed by atoms with Crippen molar-refractivity contribution in [2.45, 2.75) is 32.4 Å². The number of hydrogen-bond donors (Lipinski definition) is 1. The van der Waals surface area contributed by atoms with E-state index in [0.29, 0.717) is 4.47 Å². The number of hydrogen-bond acceptors (Lipinski definition) is 3. The Kier molecular flexibility index (Phi) is 6.47. The Bertz CT molecular complexity index is 563. The van der Waals surface area contributed by atoms with E-state index in [1.165, 1.54) is 30.8 Å². The van der Waals surface area contributed by atoms with Gasteiger partial charge in [-0.1, -0.05) is 0 Å². The first-order chi connectivity index (χ1) is 9.77. The first kappa shape index (κ1) is 17.8. The largest absolute Gasteiger partial charge is 0.339 e. The molecule has 0 aliphatic rings. The second-order valence-electron chi connectivity index (χ2n) is 4.75. The normalized spacial score (nSPS) is 12.5. The van der Waals surface area contributed by atoms with Crippen LogP contribution in [0.25, 0.3) is 0 Å². The summed E-state index contributed by atoms with van der Waals surface area (Å²) in [5.41, 5.74) is 4.86. The van der Waals surface area contributed by atoms with Gasteiger partial charge in [0.1, 0.15) is 5.56 Å². The standard InChI is InChI=1S/C13H18BrF2N3O2/c1-8(5-11(15)16)18(2)12(20)10-6-9(14)7-19(4-3-17)13(10)21/h6-8,11H,3-5,17H2,1-2H3. The number of amides is 1. The molecule has 1 unspecified atom stereocenters. The fraction of sp³-hybridized carbons (Fsp3) is 0.538. The van der Waals surface area contributed by atoms with E-state index in [2.05, 4.69) is 15.9 Å². The van der Waals surface area contributed by atoms with Gasteiger partial charge >= 0.3 is 0 Å². The van der Waals surface area contributed by atoms with Gasteiger partial charge in [-0.2, -0.15) is 0 Å². The second-order valence-corrected chi connectivity index (χ2v) is 5.67. The number of pyridine rings is 1. The lowest BCUT2D eigenvalue weighted by atomic mass is 10.1. The van der Waals surface area contributed by atoms with Gasteiger partial charge in [-0.3, -0.25) is 9.59 Å². The zero-order chi connectivity index (χ0) is 16.2. The molecular weight excluding hydrogens is 348 g/mol. The van der Waals surface area contributed by atoms with Crippen molar-refractivity contribution in [3.05, 3.63) is 32.7 Å². The molecule has 118 valence electrons. The van der Waals surface area contributed by atoms with E-state index in [1.807, 2.05) is 0 Å². The van der Waals surface area contributed by atoms with Gasteiger partial charge in [0.05, 0.1) is 0 Å². The van der Waals surface area contributed by atoms with Gasteiger partial charge in [0.25, 0.3) is 11.5 Å². The molecule has 0 saturated carbocycles. The molecule has 1 aromatic heterocycles. The maximum absolute atomic E-state index is 12.4. The molecule has 0 spiro atoms. The Morgan fingerprint density at radius 1 is 1.52 bits per heavy atom. The van der Waals surface area contributed by atoms with E-state index in [9.17, 15) is 18.4 Å². The van der Waals surface area contributed by atoms with Crippen LogP contribution in [-0.4, -0.2) is 41.4 Å². The van der Waals surface area contributed by atoms with Crippen LogP contribution in [-0.2, 0) is 6.54 Å². The summed E-state index contributed by atoms with van der Waals surface area (Å²) in [4.78, 5) is 25.7. The van der Waals surface area contributed by atoms with E-state index >= 15 is 0 Å². The van der Waals surface area contributed by atoms with Crippen molar-refractivity contribution in [3.63, 3.8) is 0 Å². The van der Waals surface area contributed by atoms with Crippen molar-refractivity contribution in [1.82, 2.24) is 9.47 Å². The summed E-state index contributed by atoms with van der Waals surface area (Å²) >= 11 is 3.22. The molecule has 0 fully saturated rings. The van der Waals surface area contributed by atoms with E-state index < -0.39 is 30.4 Å². The number of rotatable bonds is 6. The lowest BCUT2D eigenvalue weighted by Gasteiger charge is -2.24. The summed E-state index contributed by atoms with van der Waals surface area (Å²) in [5, 5.41) is 0. The van der Waals surface area contributed by atoms with Gasteiger partial charge in [0, 0.05) is 43.3 Å².